The van der Waals surface area contributed by atoms with Gasteiger partial charge in [0.15, 0.2) is 0 Å². The maximum atomic E-state index is 8.61. The quantitative estimate of drug-likeness (QED) is 0.527. The predicted molar refractivity (Wildman–Crippen MR) is 32.1 cm³/mol. The van der Waals surface area contributed by atoms with Gasteiger partial charge in [-0.15, -0.1) is 0 Å². The minimum atomic E-state index is 0.166. The van der Waals surface area contributed by atoms with Gasteiger partial charge in [-0.05, 0) is 25.2 Å². The molecule has 1 nitrogen and oxygen atoms in total. The standard InChI is InChI=1S/C7H9O/c1-6-3-2-4-7(6)5-8/h2-4,8H,5H2,1H3. The largest absolute Gasteiger partial charge is 0.396 e. The van der Waals surface area contributed by atoms with Crippen molar-refractivity contribution in [1.29, 1.82) is 0 Å². The number of hydrogen-bond acceptors (Lipinski definition) is 1. The molecule has 1 fully saturated rings. The maximum Gasteiger partial charge on any atom is 0.0502 e. The molecule has 8 heavy (non-hydrogen) atoms. The fourth-order valence-electron chi connectivity index (χ4n) is 0.724. The van der Waals surface area contributed by atoms with E-state index in [0.717, 1.165) is 5.92 Å². The van der Waals surface area contributed by atoms with E-state index in [1.165, 1.54) is 5.92 Å². The Morgan fingerprint density at radius 2 is 2.25 bits per heavy atom. The first-order valence-corrected chi connectivity index (χ1v) is 2.66. The molecule has 43 valence electrons. The molecule has 1 N–H and O–H groups in total. The van der Waals surface area contributed by atoms with Crippen molar-refractivity contribution >= 4 is 0 Å². The lowest BCUT2D eigenvalue weighted by atomic mass is 10.00. The molecule has 0 bridgehead atoms. The van der Waals surface area contributed by atoms with Crippen LogP contribution >= 0.6 is 0 Å². The first-order chi connectivity index (χ1) is 3.84. The molecule has 1 saturated carbocycles. The second-order valence-electron chi connectivity index (χ2n) is 1.89. The van der Waals surface area contributed by atoms with Gasteiger partial charge in [-0.2, -0.15) is 0 Å². The molecule has 1 rings (SSSR count). The fraction of sp³-hybridized carbons (Fsp3) is 0.286. The van der Waals surface area contributed by atoms with Crippen LogP contribution in [-0.2, 0) is 0 Å². The lowest BCUT2D eigenvalue weighted by Gasteiger charge is -2.07. The topological polar surface area (TPSA) is 20.2 Å². The summed E-state index contributed by atoms with van der Waals surface area (Å²) >= 11 is 0. The van der Waals surface area contributed by atoms with Crippen LogP contribution in [0.25, 0.3) is 0 Å². The van der Waals surface area contributed by atoms with E-state index in [9.17, 15) is 0 Å². The van der Waals surface area contributed by atoms with Gasteiger partial charge >= 0.3 is 0 Å². The Kier molecular flexibility index (Phi) is 1.90. The first kappa shape index (κ1) is 6.09. The second kappa shape index (κ2) is 2.49. The third kappa shape index (κ3) is 1.03. The van der Waals surface area contributed by atoms with Gasteiger partial charge in [-0.25, -0.2) is 0 Å². The summed E-state index contributed by atoms with van der Waals surface area (Å²) in [5.74, 6) is 2.21. The zero-order valence-electron chi connectivity index (χ0n) is 4.89. The monoisotopic (exact) mass is 109 g/mol. The Hall–Kier alpha value is -0.0400. The fourth-order valence-corrected chi connectivity index (χ4v) is 0.724. The summed E-state index contributed by atoms with van der Waals surface area (Å²) in [5, 5.41) is 8.61. The van der Waals surface area contributed by atoms with E-state index >= 15 is 0 Å². The van der Waals surface area contributed by atoms with Crippen molar-refractivity contribution in [1.82, 2.24) is 0 Å². The molecule has 0 heterocycles. The number of aliphatic hydroxyl groups is 1. The average molecular weight is 109 g/mol. The van der Waals surface area contributed by atoms with E-state index in [1.54, 1.807) is 0 Å². The highest BCUT2D eigenvalue weighted by molar-refractivity contribution is 5.42. The zero-order valence-corrected chi connectivity index (χ0v) is 4.89. The molecule has 0 aromatic carbocycles. The van der Waals surface area contributed by atoms with Gasteiger partial charge in [0.2, 0.25) is 0 Å². The number of hydrogen-bond donors (Lipinski definition) is 1. The summed E-state index contributed by atoms with van der Waals surface area (Å²) in [4.78, 5) is 0. The van der Waals surface area contributed by atoms with E-state index in [4.69, 9.17) is 5.11 Å². The third-order valence-corrected chi connectivity index (χ3v) is 1.32. The summed E-state index contributed by atoms with van der Waals surface area (Å²) < 4.78 is 0. The van der Waals surface area contributed by atoms with Gasteiger partial charge in [0.25, 0.3) is 0 Å². The molecular formula is C7H9O. The molecule has 0 spiro atoms. The van der Waals surface area contributed by atoms with Crippen molar-refractivity contribution in [2.24, 2.45) is 0 Å². The van der Waals surface area contributed by atoms with Crippen LogP contribution in [0.15, 0.2) is 0 Å². The smallest absolute Gasteiger partial charge is 0.0502 e. The molecule has 0 aliphatic heterocycles. The molecule has 5 radical (unpaired) electrons. The minimum absolute atomic E-state index is 0.166. The summed E-state index contributed by atoms with van der Waals surface area (Å²) in [6, 6.07) is 0. The molecule has 0 saturated heterocycles. The van der Waals surface area contributed by atoms with Gasteiger partial charge in [-0.1, -0.05) is 6.92 Å². The maximum absolute atomic E-state index is 8.61. The van der Waals surface area contributed by atoms with E-state index in [2.05, 4.69) is 0 Å². The molecule has 1 aliphatic carbocycles. The summed E-state index contributed by atoms with van der Waals surface area (Å²) in [5.41, 5.74) is 0. The van der Waals surface area contributed by atoms with Crippen molar-refractivity contribution in [3.63, 3.8) is 0 Å². The second-order valence-corrected chi connectivity index (χ2v) is 1.89. The summed E-state index contributed by atoms with van der Waals surface area (Å²) in [6.07, 6.45) is 5.86. The lowest BCUT2D eigenvalue weighted by molar-refractivity contribution is 0.315. The molecule has 1 heteroatoms. The Bertz CT molecular complexity index is 70.8. The molecule has 0 unspecified atom stereocenters. The van der Waals surface area contributed by atoms with Crippen molar-refractivity contribution in [3.05, 3.63) is 31.1 Å². The Labute approximate surface area is 50.7 Å². The molecule has 0 atom stereocenters. The summed E-state index contributed by atoms with van der Waals surface area (Å²) in [6.45, 7) is 2.16. The van der Waals surface area contributed by atoms with Crippen LogP contribution in [0, 0.1) is 31.1 Å². The highest BCUT2D eigenvalue weighted by Gasteiger charge is 2.23. The lowest BCUT2D eigenvalue weighted by Crippen LogP contribution is -2.03. The molecule has 0 amide bonds. The van der Waals surface area contributed by atoms with E-state index in [-0.39, 0.29) is 6.61 Å². The van der Waals surface area contributed by atoms with Crippen molar-refractivity contribution in [3.8, 4) is 0 Å². The Morgan fingerprint density at radius 3 is 2.50 bits per heavy atom. The third-order valence-electron chi connectivity index (χ3n) is 1.32. The van der Waals surface area contributed by atoms with Gasteiger partial charge in [0.05, 0.1) is 6.61 Å². The van der Waals surface area contributed by atoms with Gasteiger partial charge in [0, 0.05) is 5.92 Å². The minimum Gasteiger partial charge on any atom is -0.396 e. The number of rotatable bonds is 1. The number of aliphatic hydroxyl groups excluding tert-OH is 1. The van der Waals surface area contributed by atoms with Crippen LogP contribution in [0.3, 0.4) is 0 Å². The van der Waals surface area contributed by atoms with Crippen molar-refractivity contribution < 1.29 is 5.11 Å². The van der Waals surface area contributed by atoms with Crippen LogP contribution in [0.5, 0.6) is 0 Å². The molecular weight excluding hydrogens is 100 g/mol. The highest BCUT2D eigenvalue weighted by atomic mass is 16.3. The average Bonchev–Trinajstić information content (AvgIpc) is 2.14. The Morgan fingerprint density at radius 1 is 1.50 bits per heavy atom. The van der Waals surface area contributed by atoms with E-state index in [0.29, 0.717) is 0 Å². The van der Waals surface area contributed by atoms with Crippen LogP contribution in [0.4, 0.5) is 0 Å². The molecule has 0 aromatic rings. The summed E-state index contributed by atoms with van der Waals surface area (Å²) in [7, 11) is 0. The van der Waals surface area contributed by atoms with Gasteiger partial charge in [0.1, 0.15) is 0 Å². The van der Waals surface area contributed by atoms with Crippen molar-refractivity contribution in [2.45, 2.75) is 6.92 Å². The van der Waals surface area contributed by atoms with Crippen LogP contribution in [0.1, 0.15) is 6.92 Å². The Balaban J connectivity index is 2.30. The molecule has 1 aliphatic rings. The molecule has 0 aromatic heterocycles. The van der Waals surface area contributed by atoms with E-state index < -0.39 is 0 Å². The van der Waals surface area contributed by atoms with Gasteiger partial charge < -0.3 is 5.11 Å². The van der Waals surface area contributed by atoms with Gasteiger partial charge in [-0.3, -0.25) is 0 Å². The SMILES string of the molecule is C[C]1[CH][CH][CH][C]1CO. The normalized spacial score (nSPS) is 24.8. The van der Waals surface area contributed by atoms with Crippen LogP contribution in [0.2, 0.25) is 0 Å². The van der Waals surface area contributed by atoms with Crippen LogP contribution in [-0.4, -0.2) is 11.7 Å². The zero-order chi connectivity index (χ0) is 5.98. The van der Waals surface area contributed by atoms with Crippen molar-refractivity contribution in [2.75, 3.05) is 6.61 Å². The first-order valence-electron chi connectivity index (χ1n) is 2.66. The predicted octanol–water partition coefficient (Wildman–Crippen LogP) is 0.774. The van der Waals surface area contributed by atoms with E-state index in [1.807, 2.05) is 26.2 Å². The highest BCUT2D eigenvalue weighted by Crippen LogP contribution is 2.31. The van der Waals surface area contributed by atoms with Crippen LogP contribution < -0.4 is 0 Å².